The summed E-state index contributed by atoms with van der Waals surface area (Å²) < 4.78 is 0. The Kier molecular flexibility index (Phi) is 3.12. The first kappa shape index (κ1) is 13.6. The summed E-state index contributed by atoms with van der Waals surface area (Å²) in [6.07, 6.45) is 0.794. The number of aromatic nitrogens is 1. The average Bonchev–Trinajstić information content (AvgIpc) is 2.96. The molecular weight excluding hydrogens is 286 g/mol. The number of carboxylic acids is 1. The van der Waals surface area contributed by atoms with Crippen molar-refractivity contribution < 1.29 is 9.90 Å². The van der Waals surface area contributed by atoms with Gasteiger partial charge in [-0.3, -0.25) is 0 Å². The zero-order chi connectivity index (χ0) is 15.8. The van der Waals surface area contributed by atoms with Crippen molar-refractivity contribution in [1.82, 2.24) is 4.98 Å². The van der Waals surface area contributed by atoms with Crippen molar-refractivity contribution in [3.05, 3.63) is 83.6 Å². The Bertz CT molecular complexity index is 1030. The maximum absolute atomic E-state index is 11.1. The highest BCUT2D eigenvalue weighted by Gasteiger charge is 2.07. The molecule has 0 saturated carbocycles. The van der Waals surface area contributed by atoms with Gasteiger partial charge in [-0.05, 0) is 39.9 Å². The van der Waals surface area contributed by atoms with Crippen molar-refractivity contribution in [3.8, 4) is 0 Å². The van der Waals surface area contributed by atoms with Crippen molar-refractivity contribution in [3.63, 3.8) is 0 Å². The van der Waals surface area contributed by atoms with Gasteiger partial charge in [-0.15, -0.1) is 0 Å². The third kappa shape index (κ3) is 2.57. The van der Waals surface area contributed by atoms with Crippen molar-refractivity contribution in [2.75, 3.05) is 0 Å². The minimum atomic E-state index is -0.905. The molecule has 23 heavy (non-hydrogen) atoms. The molecule has 0 fully saturated rings. The van der Waals surface area contributed by atoms with E-state index in [1.807, 2.05) is 18.2 Å². The van der Waals surface area contributed by atoms with Crippen LogP contribution in [0.15, 0.2) is 66.7 Å². The van der Waals surface area contributed by atoms with Crippen molar-refractivity contribution in [1.29, 1.82) is 0 Å². The van der Waals surface area contributed by atoms with Gasteiger partial charge in [0.15, 0.2) is 0 Å². The van der Waals surface area contributed by atoms with E-state index in [2.05, 4.69) is 41.4 Å². The second-order valence-corrected chi connectivity index (χ2v) is 5.76. The lowest BCUT2D eigenvalue weighted by Crippen LogP contribution is -1.94. The number of carbonyl (C=O) groups is 1. The van der Waals surface area contributed by atoms with Gasteiger partial charge in [0.25, 0.3) is 0 Å². The van der Waals surface area contributed by atoms with Gasteiger partial charge in [0, 0.05) is 17.6 Å². The Morgan fingerprint density at radius 2 is 1.65 bits per heavy atom. The van der Waals surface area contributed by atoms with Crippen LogP contribution < -0.4 is 0 Å². The summed E-state index contributed by atoms with van der Waals surface area (Å²) in [5.74, 6) is -0.905. The van der Waals surface area contributed by atoms with E-state index in [1.54, 1.807) is 12.1 Å². The van der Waals surface area contributed by atoms with Gasteiger partial charge in [-0.1, -0.05) is 48.5 Å². The summed E-state index contributed by atoms with van der Waals surface area (Å²) in [5.41, 5.74) is 3.48. The molecule has 0 amide bonds. The molecule has 4 aromatic rings. The van der Waals surface area contributed by atoms with Crippen LogP contribution in [0.3, 0.4) is 0 Å². The maximum Gasteiger partial charge on any atom is 0.335 e. The van der Waals surface area contributed by atoms with Gasteiger partial charge < -0.3 is 10.1 Å². The zero-order valence-electron chi connectivity index (χ0n) is 12.4. The van der Waals surface area contributed by atoms with E-state index in [4.69, 9.17) is 5.11 Å². The Hall–Kier alpha value is -3.07. The number of hydrogen-bond donors (Lipinski definition) is 2. The van der Waals surface area contributed by atoms with E-state index in [0.717, 1.165) is 23.0 Å². The van der Waals surface area contributed by atoms with Gasteiger partial charge in [0.2, 0.25) is 0 Å². The third-order valence-electron chi connectivity index (χ3n) is 4.13. The molecule has 112 valence electrons. The number of aromatic carboxylic acids is 1. The largest absolute Gasteiger partial charge is 0.478 e. The van der Waals surface area contributed by atoms with Gasteiger partial charge in [-0.2, -0.15) is 0 Å². The fraction of sp³-hybridized carbons (Fsp3) is 0.0500. The lowest BCUT2D eigenvalue weighted by Gasteiger charge is -2.02. The highest BCUT2D eigenvalue weighted by atomic mass is 16.4. The predicted octanol–water partition coefficient (Wildman–Crippen LogP) is 4.61. The van der Waals surface area contributed by atoms with E-state index < -0.39 is 5.97 Å². The van der Waals surface area contributed by atoms with Crippen LogP contribution in [0.1, 0.15) is 21.6 Å². The Morgan fingerprint density at radius 1 is 0.870 bits per heavy atom. The van der Waals surface area contributed by atoms with Crippen LogP contribution in [0.2, 0.25) is 0 Å². The van der Waals surface area contributed by atoms with Crippen LogP contribution in [0, 0.1) is 0 Å². The van der Waals surface area contributed by atoms with Crippen LogP contribution in [-0.4, -0.2) is 16.1 Å². The first-order chi connectivity index (χ1) is 11.2. The van der Waals surface area contributed by atoms with Crippen molar-refractivity contribution >= 4 is 27.6 Å². The first-order valence-electron chi connectivity index (χ1n) is 7.52. The standard InChI is InChI=1S/C20H15NO2/c22-20(23)17-8-7-16-11-18(21-19(16)12-17)10-13-5-6-14-3-1-2-4-15(14)9-13/h1-9,11-12,21H,10H2,(H,22,23). The molecule has 2 N–H and O–H groups in total. The summed E-state index contributed by atoms with van der Waals surface area (Å²) in [6, 6.07) is 22.0. The molecule has 4 rings (SSSR count). The molecule has 0 unspecified atom stereocenters. The Balaban J connectivity index is 1.69. The zero-order valence-corrected chi connectivity index (χ0v) is 12.4. The topological polar surface area (TPSA) is 53.1 Å². The number of H-pyrrole nitrogens is 1. The fourth-order valence-corrected chi connectivity index (χ4v) is 2.98. The Morgan fingerprint density at radius 3 is 2.48 bits per heavy atom. The number of aromatic amines is 1. The normalized spacial score (nSPS) is 11.1. The second-order valence-electron chi connectivity index (χ2n) is 5.76. The maximum atomic E-state index is 11.1. The molecule has 0 aliphatic rings. The number of rotatable bonds is 3. The van der Waals surface area contributed by atoms with Crippen molar-refractivity contribution in [2.24, 2.45) is 0 Å². The van der Waals surface area contributed by atoms with E-state index in [9.17, 15) is 4.79 Å². The average molecular weight is 301 g/mol. The highest BCUT2D eigenvalue weighted by molar-refractivity contribution is 5.93. The van der Waals surface area contributed by atoms with Crippen LogP contribution >= 0.6 is 0 Å². The molecule has 0 saturated heterocycles. The van der Waals surface area contributed by atoms with Crippen molar-refractivity contribution in [2.45, 2.75) is 6.42 Å². The van der Waals surface area contributed by atoms with E-state index in [0.29, 0.717) is 5.56 Å². The minimum absolute atomic E-state index is 0.302. The summed E-state index contributed by atoms with van der Waals surface area (Å²) in [4.78, 5) is 14.4. The molecule has 0 aliphatic carbocycles. The molecule has 3 heteroatoms. The molecule has 0 atom stereocenters. The first-order valence-corrected chi connectivity index (χ1v) is 7.52. The third-order valence-corrected chi connectivity index (χ3v) is 4.13. The summed E-state index contributed by atoms with van der Waals surface area (Å²) in [7, 11) is 0. The number of carboxylic acid groups (broad SMARTS) is 1. The molecular formula is C20H15NO2. The quantitative estimate of drug-likeness (QED) is 0.580. The smallest absolute Gasteiger partial charge is 0.335 e. The molecule has 3 nitrogen and oxygen atoms in total. The predicted molar refractivity (Wildman–Crippen MR) is 92.0 cm³/mol. The number of hydrogen-bond acceptors (Lipinski definition) is 1. The summed E-state index contributed by atoms with van der Waals surface area (Å²) >= 11 is 0. The molecule has 1 aromatic heterocycles. The number of fused-ring (bicyclic) bond motifs is 2. The van der Waals surface area contributed by atoms with Gasteiger partial charge in [0.1, 0.15) is 0 Å². The minimum Gasteiger partial charge on any atom is -0.478 e. The SMILES string of the molecule is O=C(O)c1ccc2cc(Cc3ccc4ccccc4c3)[nH]c2c1. The molecule has 0 radical (unpaired) electrons. The van der Waals surface area contributed by atoms with Gasteiger partial charge in [0.05, 0.1) is 5.56 Å². The Labute approximate surface area is 133 Å². The van der Waals surface area contributed by atoms with Crippen LogP contribution in [0.5, 0.6) is 0 Å². The van der Waals surface area contributed by atoms with E-state index >= 15 is 0 Å². The van der Waals surface area contributed by atoms with Crippen LogP contribution in [-0.2, 0) is 6.42 Å². The summed E-state index contributed by atoms with van der Waals surface area (Å²) in [5, 5.41) is 12.6. The fourth-order valence-electron chi connectivity index (χ4n) is 2.98. The van der Waals surface area contributed by atoms with Gasteiger partial charge >= 0.3 is 5.97 Å². The highest BCUT2D eigenvalue weighted by Crippen LogP contribution is 2.21. The van der Waals surface area contributed by atoms with E-state index in [1.165, 1.54) is 16.3 Å². The van der Waals surface area contributed by atoms with Crippen LogP contribution in [0.4, 0.5) is 0 Å². The number of benzene rings is 3. The molecule has 1 heterocycles. The second kappa shape index (κ2) is 5.29. The molecule has 0 spiro atoms. The lowest BCUT2D eigenvalue weighted by molar-refractivity contribution is 0.0697. The molecule has 3 aromatic carbocycles. The molecule has 0 bridgehead atoms. The molecule has 0 aliphatic heterocycles. The van der Waals surface area contributed by atoms with Gasteiger partial charge in [-0.25, -0.2) is 4.79 Å². The lowest BCUT2D eigenvalue weighted by atomic mass is 10.0. The number of nitrogens with one attached hydrogen (secondary N) is 1. The summed E-state index contributed by atoms with van der Waals surface area (Å²) in [6.45, 7) is 0. The van der Waals surface area contributed by atoms with Crippen LogP contribution in [0.25, 0.3) is 21.7 Å². The monoisotopic (exact) mass is 301 g/mol. The van der Waals surface area contributed by atoms with E-state index in [-0.39, 0.29) is 0 Å².